The molecule has 0 aromatic heterocycles. The van der Waals surface area contributed by atoms with Gasteiger partial charge in [0.05, 0.1) is 26.4 Å². The lowest BCUT2D eigenvalue weighted by Crippen LogP contribution is -2.30. The van der Waals surface area contributed by atoms with E-state index in [1.54, 1.807) is 0 Å². The van der Waals surface area contributed by atoms with E-state index < -0.39 is 97.5 Å². The second-order valence-corrected chi connectivity index (χ2v) is 33.1. The summed E-state index contributed by atoms with van der Waals surface area (Å²) in [6, 6.07) is 0. The number of aliphatic hydroxyl groups excluding tert-OH is 1. The van der Waals surface area contributed by atoms with E-state index in [9.17, 15) is 43.2 Å². The third-order valence-corrected chi connectivity index (χ3v) is 21.5. The normalized spacial score (nSPS) is 14.2. The van der Waals surface area contributed by atoms with Crippen LogP contribution in [0.4, 0.5) is 0 Å². The van der Waals surface area contributed by atoms with Gasteiger partial charge >= 0.3 is 39.5 Å². The largest absolute Gasteiger partial charge is 0.472 e. The Morgan fingerprint density at radius 1 is 0.287 bits per heavy atom. The van der Waals surface area contributed by atoms with Crippen molar-refractivity contribution in [2.75, 3.05) is 39.6 Å². The first-order valence-electron chi connectivity index (χ1n) is 42.5. The third kappa shape index (κ3) is 74.7. The van der Waals surface area contributed by atoms with Crippen LogP contribution in [0.25, 0.3) is 0 Å². The number of hydrogen-bond acceptors (Lipinski definition) is 15. The number of unbranched alkanes of at least 4 members (excludes halogenated alkanes) is 50. The van der Waals surface area contributed by atoms with E-state index in [0.717, 1.165) is 108 Å². The quantitative estimate of drug-likeness (QED) is 0.0222. The van der Waals surface area contributed by atoms with Crippen LogP contribution in [-0.2, 0) is 65.4 Å². The number of phosphoric acid groups is 2. The van der Waals surface area contributed by atoms with Crippen LogP contribution in [0.3, 0.4) is 0 Å². The zero-order valence-corrected chi connectivity index (χ0v) is 68.0. The van der Waals surface area contributed by atoms with Crippen LogP contribution in [0, 0.1) is 11.8 Å². The molecule has 0 aliphatic heterocycles. The Kier molecular flexibility index (Phi) is 72.2. The second-order valence-electron chi connectivity index (χ2n) is 30.2. The van der Waals surface area contributed by atoms with Crippen LogP contribution in [0.5, 0.6) is 0 Å². The first kappa shape index (κ1) is 99.1. The fraction of sp³-hybridized carbons (Fsp3) is 0.951. The predicted molar refractivity (Wildman–Crippen MR) is 414 cm³/mol. The molecule has 600 valence electrons. The first-order chi connectivity index (χ1) is 48.9. The molecule has 0 aromatic rings. The number of phosphoric ester groups is 2. The van der Waals surface area contributed by atoms with Crippen molar-refractivity contribution < 1.29 is 80.2 Å². The lowest BCUT2D eigenvalue weighted by atomic mass is 10.00. The van der Waals surface area contributed by atoms with Gasteiger partial charge in [-0.2, -0.15) is 0 Å². The van der Waals surface area contributed by atoms with Crippen molar-refractivity contribution in [3.05, 3.63) is 0 Å². The summed E-state index contributed by atoms with van der Waals surface area (Å²) in [5.41, 5.74) is 0. The molecule has 19 heteroatoms. The number of ether oxygens (including phenoxy) is 4. The smallest absolute Gasteiger partial charge is 0.462 e. The average molecular weight is 1480 g/mol. The van der Waals surface area contributed by atoms with Crippen LogP contribution in [0.15, 0.2) is 0 Å². The molecule has 0 aromatic carbocycles. The highest BCUT2D eigenvalue weighted by atomic mass is 31.2. The monoisotopic (exact) mass is 1480 g/mol. The molecule has 17 nitrogen and oxygen atoms in total. The molecule has 6 atom stereocenters. The van der Waals surface area contributed by atoms with Gasteiger partial charge in [-0.05, 0) is 37.5 Å². The molecule has 0 aliphatic rings. The summed E-state index contributed by atoms with van der Waals surface area (Å²) in [7, 11) is -9.92. The molecule has 0 amide bonds. The summed E-state index contributed by atoms with van der Waals surface area (Å²) >= 11 is 0. The molecule has 0 bridgehead atoms. The van der Waals surface area contributed by atoms with Crippen molar-refractivity contribution in [2.45, 2.75) is 452 Å². The van der Waals surface area contributed by atoms with Gasteiger partial charge in [-0.1, -0.05) is 382 Å². The molecule has 0 saturated carbocycles. The zero-order valence-electron chi connectivity index (χ0n) is 66.2. The molecular weight excluding hydrogens is 1320 g/mol. The van der Waals surface area contributed by atoms with Gasteiger partial charge < -0.3 is 33.8 Å². The summed E-state index contributed by atoms with van der Waals surface area (Å²) in [4.78, 5) is 73.1. The Labute approximate surface area is 619 Å². The number of esters is 4. The highest BCUT2D eigenvalue weighted by molar-refractivity contribution is 7.47. The Hall–Kier alpha value is -1.94. The van der Waals surface area contributed by atoms with Gasteiger partial charge in [-0.3, -0.25) is 37.3 Å². The van der Waals surface area contributed by atoms with Crippen molar-refractivity contribution in [3.8, 4) is 0 Å². The molecule has 101 heavy (non-hydrogen) atoms. The highest BCUT2D eigenvalue weighted by Gasteiger charge is 2.30. The van der Waals surface area contributed by atoms with E-state index in [1.165, 1.54) is 244 Å². The summed E-state index contributed by atoms with van der Waals surface area (Å²) in [6.45, 7) is 9.62. The van der Waals surface area contributed by atoms with Crippen LogP contribution < -0.4 is 0 Å². The fourth-order valence-corrected chi connectivity index (χ4v) is 14.3. The van der Waals surface area contributed by atoms with Crippen molar-refractivity contribution in [2.24, 2.45) is 11.8 Å². The molecular formula is C82H160O17P2. The first-order valence-corrected chi connectivity index (χ1v) is 45.5. The molecule has 0 fully saturated rings. The van der Waals surface area contributed by atoms with Crippen LogP contribution in [-0.4, -0.2) is 96.7 Å². The maximum absolute atomic E-state index is 13.1. The standard InChI is InChI=1S/C82H160O17P2/c1-7-10-12-14-16-18-20-22-24-25-26-27-28-29-31-33-39-43-47-55-61-66-81(86)98-77(70-92-79(84)64-58-52-45-41-37-35-34-36-40-44-50-56-62-74(4)5)72-96-100(88,89)94-68-76(83)69-95-101(90,91)97-73-78(71-93-80(85)65-59-53-49-48-51-57-63-75(6)9-3)99-82(87)67-60-54-46-42-38-32-30-23-21-19-17-15-13-11-8-2/h74-78,83H,7-73H2,1-6H3,(H,88,89)(H,90,91)/t75?,76-,77-,78-/m1/s1. The minimum absolute atomic E-state index is 0.107. The minimum Gasteiger partial charge on any atom is -0.462 e. The van der Waals surface area contributed by atoms with Gasteiger partial charge in [0.25, 0.3) is 0 Å². The predicted octanol–water partition coefficient (Wildman–Crippen LogP) is 24.7. The Morgan fingerprint density at radius 2 is 0.505 bits per heavy atom. The van der Waals surface area contributed by atoms with Crippen LogP contribution in [0.2, 0.25) is 0 Å². The summed E-state index contributed by atoms with van der Waals surface area (Å²) in [5.74, 6) is -0.596. The third-order valence-electron chi connectivity index (χ3n) is 19.6. The Morgan fingerprint density at radius 3 is 0.752 bits per heavy atom. The van der Waals surface area contributed by atoms with Gasteiger partial charge in [-0.15, -0.1) is 0 Å². The average Bonchev–Trinajstić information content (AvgIpc) is 1.05. The lowest BCUT2D eigenvalue weighted by molar-refractivity contribution is -0.161. The maximum Gasteiger partial charge on any atom is 0.472 e. The van der Waals surface area contributed by atoms with Crippen molar-refractivity contribution >= 4 is 39.5 Å². The van der Waals surface area contributed by atoms with Gasteiger partial charge in [0, 0.05) is 25.7 Å². The summed E-state index contributed by atoms with van der Waals surface area (Å²) in [5, 5.41) is 10.6. The number of aliphatic hydroxyl groups is 1. The summed E-state index contributed by atoms with van der Waals surface area (Å²) in [6.07, 6.45) is 63.9. The minimum atomic E-state index is -4.96. The molecule has 0 heterocycles. The van der Waals surface area contributed by atoms with E-state index in [2.05, 4.69) is 41.5 Å². The number of hydrogen-bond donors (Lipinski definition) is 3. The number of carbonyl (C=O) groups is 4. The topological polar surface area (TPSA) is 237 Å². The van der Waals surface area contributed by atoms with Crippen molar-refractivity contribution in [1.82, 2.24) is 0 Å². The zero-order chi connectivity index (χ0) is 74.2. The van der Waals surface area contributed by atoms with Gasteiger partial charge in [0.2, 0.25) is 0 Å². The van der Waals surface area contributed by atoms with Crippen LogP contribution >= 0.6 is 15.6 Å². The fourth-order valence-electron chi connectivity index (χ4n) is 12.7. The van der Waals surface area contributed by atoms with Gasteiger partial charge in [0.1, 0.15) is 19.3 Å². The summed E-state index contributed by atoms with van der Waals surface area (Å²) < 4.78 is 68.7. The van der Waals surface area contributed by atoms with E-state index >= 15 is 0 Å². The Balaban J connectivity index is 5.22. The Bertz CT molecular complexity index is 1940. The second kappa shape index (κ2) is 73.6. The van der Waals surface area contributed by atoms with Gasteiger partial charge in [-0.25, -0.2) is 9.13 Å². The highest BCUT2D eigenvalue weighted by Crippen LogP contribution is 2.45. The molecule has 0 spiro atoms. The molecule has 0 radical (unpaired) electrons. The number of rotatable bonds is 81. The molecule has 0 rings (SSSR count). The van der Waals surface area contributed by atoms with Gasteiger partial charge in [0.15, 0.2) is 12.2 Å². The van der Waals surface area contributed by atoms with E-state index in [4.69, 9.17) is 37.0 Å². The van der Waals surface area contributed by atoms with E-state index in [-0.39, 0.29) is 25.7 Å². The molecule has 0 aliphatic carbocycles. The maximum atomic E-state index is 13.1. The molecule has 3 unspecified atom stereocenters. The van der Waals surface area contributed by atoms with Crippen LogP contribution in [0.1, 0.15) is 433 Å². The molecule has 3 N–H and O–H groups in total. The van der Waals surface area contributed by atoms with Crippen molar-refractivity contribution in [1.29, 1.82) is 0 Å². The van der Waals surface area contributed by atoms with E-state index in [0.29, 0.717) is 25.7 Å². The van der Waals surface area contributed by atoms with Crippen molar-refractivity contribution in [3.63, 3.8) is 0 Å². The SMILES string of the molecule is CCCCCCCCCCCCCCCCCCCCCCCC(=O)O[C@H](COC(=O)CCCCCCCCCCCCCCC(C)C)COP(=O)(O)OC[C@@H](O)COP(=O)(O)OC[C@@H](COC(=O)CCCCCCCCC(C)CC)OC(=O)CCCCCCCCCCCCCCCCC. The number of carbonyl (C=O) groups excluding carboxylic acids is 4. The molecule has 0 saturated heterocycles. The van der Waals surface area contributed by atoms with E-state index in [1.807, 2.05) is 0 Å². The lowest BCUT2D eigenvalue weighted by Gasteiger charge is -2.21.